The second kappa shape index (κ2) is 5.82. The minimum absolute atomic E-state index is 0.0430. The summed E-state index contributed by atoms with van der Waals surface area (Å²) in [6.07, 6.45) is 3.40. The van der Waals surface area contributed by atoms with Gasteiger partial charge < -0.3 is 0 Å². The van der Waals surface area contributed by atoms with E-state index in [1.807, 2.05) is 0 Å². The van der Waals surface area contributed by atoms with Crippen LogP contribution in [0.25, 0.3) is 0 Å². The predicted molar refractivity (Wildman–Crippen MR) is 73.5 cm³/mol. The van der Waals surface area contributed by atoms with Gasteiger partial charge in [-0.05, 0) is 37.6 Å². The molecule has 0 spiro atoms. The Morgan fingerprint density at radius 2 is 1.89 bits per heavy atom. The number of rotatable bonds is 6. The van der Waals surface area contributed by atoms with Gasteiger partial charge in [-0.25, -0.2) is 8.42 Å². The van der Waals surface area contributed by atoms with Gasteiger partial charge in [-0.3, -0.25) is 9.10 Å². The second-order valence-electron chi connectivity index (χ2n) is 4.02. The highest BCUT2D eigenvalue weighted by atomic mass is 32.2. The minimum atomic E-state index is -3.32. The SMILES string of the molecule is C=CCCN(c1ccc(C(C)=O)cc1)S(C)(=O)=O. The number of anilines is 1. The molecule has 0 fully saturated rings. The van der Waals surface area contributed by atoms with Crippen molar-refractivity contribution in [3.05, 3.63) is 42.5 Å². The quantitative estimate of drug-likeness (QED) is 0.586. The van der Waals surface area contributed by atoms with Gasteiger partial charge in [0.25, 0.3) is 0 Å². The van der Waals surface area contributed by atoms with Crippen LogP contribution in [0.2, 0.25) is 0 Å². The summed E-state index contributed by atoms with van der Waals surface area (Å²) in [6, 6.07) is 6.54. The zero-order chi connectivity index (χ0) is 13.8. The van der Waals surface area contributed by atoms with E-state index in [1.54, 1.807) is 30.3 Å². The Hall–Kier alpha value is -1.62. The van der Waals surface area contributed by atoms with Crippen molar-refractivity contribution >= 4 is 21.5 Å². The lowest BCUT2D eigenvalue weighted by molar-refractivity contribution is 0.101. The first-order chi connectivity index (χ1) is 8.36. The Morgan fingerprint density at radius 3 is 2.28 bits per heavy atom. The Bertz CT molecular complexity index is 532. The van der Waals surface area contributed by atoms with Crippen molar-refractivity contribution in [2.24, 2.45) is 0 Å². The molecular formula is C13H17NO3S. The van der Waals surface area contributed by atoms with Crippen molar-refractivity contribution in [1.29, 1.82) is 0 Å². The molecule has 18 heavy (non-hydrogen) atoms. The molecule has 1 aromatic rings. The van der Waals surface area contributed by atoms with Gasteiger partial charge in [0.1, 0.15) is 0 Å². The van der Waals surface area contributed by atoms with Crippen LogP contribution in [-0.2, 0) is 10.0 Å². The number of ketones is 1. The maximum absolute atomic E-state index is 11.7. The third-order valence-electron chi connectivity index (χ3n) is 2.50. The largest absolute Gasteiger partial charge is 0.295 e. The van der Waals surface area contributed by atoms with E-state index in [-0.39, 0.29) is 5.78 Å². The van der Waals surface area contributed by atoms with Gasteiger partial charge in [0.2, 0.25) is 10.0 Å². The Kier molecular flexibility index (Phi) is 4.67. The number of carbonyl (C=O) groups is 1. The van der Waals surface area contributed by atoms with E-state index in [9.17, 15) is 13.2 Å². The van der Waals surface area contributed by atoms with Crippen LogP contribution in [0, 0.1) is 0 Å². The van der Waals surface area contributed by atoms with Crippen molar-refractivity contribution < 1.29 is 13.2 Å². The number of sulfonamides is 1. The number of carbonyl (C=O) groups excluding carboxylic acids is 1. The molecule has 0 unspecified atom stereocenters. The fourth-order valence-electron chi connectivity index (χ4n) is 1.56. The molecule has 0 radical (unpaired) electrons. The molecule has 98 valence electrons. The summed E-state index contributed by atoms with van der Waals surface area (Å²) in [6.45, 7) is 5.40. The molecule has 0 aliphatic carbocycles. The van der Waals surface area contributed by atoms with Crippen molar-refractivity contribution in [3.63, 3.8) is 0 Å². The fraction of sp³-hybridized carbons (Fsp3) is 0.308. The monoisotopic (exact) mass is 267 g/mol. The first kappa shape index (κ1) is 14.4. The smallest absolute Gasteiger partial charge is 0.232 e. The van der Waals surface area contributed by atoms with E-state index < -0.39 is 10.0 Å². The first-order valence-electron chi connectivity index (χ1n) is 5.56. The van der Waals surface area contributed by atoms with Gasteiger partial charge in [0, 0.05) is 12.1 Å². The summed E-state index contributed by atoms with van der Waals surface area (Å²) in [5, 5.41) is 0. The summed E-state index contributed by atoms with van der Waals surface area (Å²) in [4.78, 5) is 11.2. The molecule has 0 atom stereocenters. The van der Waals surface area contributed by atoms with E-state index in [0.29, 0.717) is 24.2 Å². The highest BCUT2D eigenvalue weighted by Crippen LogP contribution is 2.19. The van der Waals surface area contributed by atoms with Crippen LogP contribution in [-0.4, -0.2) is 27.0 Å². The Balaban J connectivity index is 3.06. The van der Waals surface area contributed by atoms with Gasteiger partial charge in [-0.1, -0.05) is 6.08 Å². The summed E-state index contributed by atoms with van der Waals surface area (Å²) < 4.78 is 24.7. The molecule has 0 saturated heterocycles. The first-order valence-corrected chi connectivity index (χ1v) is 7.40. The molecule has 0 amide bonds. The average molecular weight is 267 g/mol. The van der Waals surface area contributed by atoms with E-state index in [0.717, 1.165) is 6.26 Å². The van der Waals surface area contributed by atoms with Crippen molar-refractivity contribution in [2.45, 2.75) is 13.3 Å². The lowest BCUT2D eigenvalue weighted by Crippen LogP contribution is -2.30. The third kappa shape index (κ3) is 3.70. The summed E-state index contributed by atoms with van der Waals surface area (Å²) in [5.41, 5.74) is 1.13. The Labute approximate surface area is 108 Å². The van der Waals surface area contributed by atoms with Gasteiger partial charge in [0.05, 0.1) is 11.9 Å². The van der Waals surface area contributed by atoms with E-state index >= 15 is 0 Å². The summed E-state index contributed by atoms with van der Waals surface area (Å²) in [7, 11) is -3.32. The number of Topliss-reactive ketones (excluding diaryl/α,β-unsaturated/α-hetero) is 1. The van der Waals surface area contributed by atoms with Crippen LogP contribution in [0.4, 0.5) is 5.69 Å². The number of hydrogen-bond acceptors (Lipinski definition) is 3. The van der Waals surface area contributed by atoms with E-state index in [1.165, 1.54) is 11.2 Å². The topological polar surface area (TPSA) is 54.5 Å². The van der Waals surface area contributed by atoms with Crippen molar-refractivity contribution in [1.82, 2.24) is 0 Å². The minimum Gasteiger partial charge on any atom is -0.295 e. The Morgan fingerprint density at radius 1 is 1.33 bits per heavy atom. The molecule has 0 aliphatic heterocycles. The van der Waals surface area contributed by atoms with E-state index in [4.69, 9.17) is 0 Å². The highest BCUT2D eigenvalue weighted by Gasteiger charge is 2.16. The molecule has 0 aromatic heterocycles. The normalized spacial score (nSPS) is 11.0. The number of benzene rings is 1. The molecule has 0 heterocycles. The van der Waals surface area contributed by atoms with Gasteiger partial charge in [-0.2, -0.15) is 0 Å². The molecular weight excluding hydrogens is 250 g/mol. The van der Waals surface area contributed by atoms with Crippen LogP contribution in [0.3, 0.4) is 0 Å². The fourth-order valence-corrected chi connectivity index (χ4v) is 2.50. The van der Waals surface area contributed by atoms with Crippen molar-refractivity contribution in [3.8, 4) is 0 Å². The maximum atomic E-state index is 11.7. The molecule has 4 nitrogen and oxygen atoms in total. The van der Waals surface area contributed by atoms with Gasteiger partial charge >= 0.3 is 0 Å². The number of hydrogen-bond donors (Lipinski definition) is 0. The highest BCUT2D eigenvalue weighted by molar-refractivity contribution is 7.92. The lowest BCUT2D eigenvalue weighted by atomic mass is 10.1. The second-order valence-corrected chi connectivity index (χ2v) is 5.92. The average Bonchev–Trinajstić information content (AvgIpc) is 2.28. The molecule has 0 N–H and O–H groups in total. The molecule has 5 heteroatoms. The van der Waals surface area contributed by atoms with Crippen LogP contribution < -0.4 is 4.31 Å². The maximum Gasteiger partial charge on any atom is 0.232 e. The summed E-state index contributed by atoms with van der Waals surface area (Å²) >= 11 is 0. The van der Waals surface area contributed by atoms with Crippen LogP contribution in [0.15, 0.2) is 36.9 Å². The van der Waals surface area contributed by atoms with Gasteiger partial charge in [0.15, 0.2) is 5.78 Å². The zero-order valence-corrected chi connectivity index (χ0v) is 11.4. The van der Waals surface area contributed by atoms with Crippen LogP contribution in [0.1, 0.15) is 23.7 Å². The molecule has 0 aliphatic rings. The van der Waals surface area contributed by atoms with Gasteiger partial charge in [-0.15, -0.1) is 6.58 Å². The molecule has 1 aromatic carbocycles. The van der Waals surface area contributed by atoms with E-state index in [2.05, 4.69) is 6.58 Å². The standard InChI is InChI=1S/C13H17NO3S/c1-4-5-10-14(18(3,16)17)13-8-6-12(7-9-13)11(2)15/h4,6-9H,1,5,10H2,2-3H3. The van der Waals surface area contributed by atoms with Crippen LogP contribution >= 0.6 is 0 Å². The summed E-state index contributed by atoms with van der Waals surface area (Å²) in [5.74, 6) is -0.0430. The predicted octanol–water partition coefficient (Wildman–Crippen LogP) is 2.23. The molecule has 1 rings (SSSR count). The number of nitrogens with zero attached hydrogens (tertiary/aromatic N) is 1. The lowest BCUT2D eigenvalue weighted by Gasteiger charge is -2.21. The zero-order valence-electron chi connectivity index (χ0n) is 10.6. The van der Waals surface area contributed by atoms with Crippen LogP contribution in [0.5, 0.6) is 0 Å². The third-order valence-corrected chi connectivity index (χ3v) is 3.69. The van der Waals surface area contributed by atoms with Crippen molar-refractivity contribution in [2.75, 3.05) is 17.1 Å². The molecule has 0 bridgehead atoms. The molecule has 0 saturated carbocycles.